The number of hydrogen-bond acceptors (Lipinski definition) is 4. The fourth-order valence-electron chi connectivity index (χ4n) is 3.83. The van der Waals surface area contributed by atoms with Crippen LogP contribution in [0.1, 0.15) is 30.4 Å². The molecule has 1 aromatic heterocycles. The Balaban J connectivity index is 1.36. The molecule has 4 rings (SSSR count). The van der Waals surface area contributed by atoms with Crippen molar-refractivity contribution in [3.05, 3.63) is 53.9 Å². The van der Waals surface area contributed by atoms with Gasteiger partial charge < -0.3 is 15.1 Å². The van der Waals surface area contributed by atoms with Crippen molar-refractivity contribution in [3.8, 4) is 0 Å². The Morgan fingerprint density at radius 2 is 1.85 bits per heavy atom. The monoisotopic (exact) mass is 364 g/mol. The second-order valence-electron chi connectivity index (χ2n) is 7.27. The van der Waals surface area contributed by atoms with Gasteiger partial charge in [0.2, 0.25) is 5.95 Å². The summed E-state index contributed by atoms with van der Waals surface area (Å²) in [5, 5.41) is 3.72. The molecule has 2 aromatic rings. The van der Waals surface area contributed by atoms with Gasteiger partial charge in [-0.25, -0.2) is 9.97 Å². The molecule has 2 unspecified atom stereocenters. The standard InChI is InChI=1S/C21H28N6/c1-3-22-21(25-19-15-18(19)17-8-5-4-7-16(17)2)27-13-11-26(12-14-27)20-23-9-6-10-24-20/h4-10,18-19H,3,11-15H2,1-2H3,(H,22,25). The average molecular weight is 364 g/mol. The molecule has 2 aliphatic rings. The van der Waals surface area contributed by atoms with Crippen molar-refractivity contribution >= 4 is 11.9 Å². The molecule has 1 aliphatic heterocycles. The van der Waals surface area contributed by atoms with Crippen LogP contribution in [-0.2, 0) is 0 Å². The Morgan fingerprint density at radius 1 is 1.11 bits per heavy atom. The first-order valence-corrected chi connectivity index (χ1v) is 9.89. The highest BCUT2D eigenvalue weighted by Crippen LogP contribution is 2.42. The first-order valence-electron chi connectivity index (χ1n) is 9.89. The summed E-state index contributed by atoms with van der Waals surface area (Å²) in [6, 6.07) is 11.1. The number of nitrogens with one attached hydrogen (secondary N) is 1. The molecule has 2 heterocycles. The van der Waals surface area contributed by atoms with Crippen molar-refractivity contribution in [1.29, 1.82) is 0 Å². The van der Waals surface area contributed by atoms with Crippen molar-refractivity contribution in [2.24, 2.45) is 4.99 Å². The van der Waals surface area contributed by atoms with Crippen LogP contribution in [-0.4, -0.2) is 59.6 Å². The molecule has 2 fully saturated rings. The number of rotatable bonds is 4. The number of guanidine groups is 1. The lowest BCUT2D eigenvalue weighted by atomic mass is 10.0. The highest BCUT2D eigenvalue weighted by molar-refractivity contribution is 5.81. The summed E-state index contributed by atoms with van der Waals surface area (Å²) in [6.07, 6.45) is 4.80. The molecule has 0 radical (unpaired) electrons. The van der Waals surface area contributed by atoms with Crippen molar-refractivity contribution < 1.29 is 0 Å². The van der Waals surface area contributed by atoms with E-state index in [4.69, 9.17) is 4.99 Å². The fraction of sp³-hybridized carbons (Fsp3) is 0.476. The van der Waals surface area contributed by atoms with E-state index in [1.54, 1.807) is 12.4 Å². The van der Waals surface area contributed by atoms with E-state index in [2.05, 4.69) is 63.2 Å². The van der Waals surface area contributed by atoms with Gasteiger partial charge in [-0.3, -0.25) is 4.99 Å². The van der Waals surface area contributed by atoms with Gasteiger partial charge >= 0.3 is 0 Å². The third-order valence-electron chi connectivity index (χ3n) is 5.41. The molecule has 0 amide bonds. The Kier molecular flexibility index (Phi) is 5.23. The van der Waals surface area contributed by atoms with E-state index in [0.717, 1.165) is 44.6 Å². The van der Waals surface area contributed by atoms with Gasteiger partial charge in [0.1, 0.15) is 0 Å². The molecule has 2 atom stereocenters. The van der Waals surface area contributed by atoms with Gasteiger partial charge in [-0.05, 0) is 37.5 Å². The molecule has 0 bridgehead atoms. The highest BCUT2D eigenvalue weighted by Gasteiger charge is 2.40. The van der Waals surface area contributed by atoms with Gasteiger partial charge in [0.25, 0.3) is 0 Å². The summed E-state index contributed by atoms with van der Waals surface area (Å²) in [7, 11) is 0. The van der Waals surface area contributed by atoms with E-state index in [9.17, 15) is 0 Å². The summed E-state index contributed by atoms with van der Waals surface area (Å²) in [5.74, 6) is 2.47. The maximum atomic E-state index is 4.76. The minimum atomic E-state index is 0.492. The van der Waals surface area contributed by atoms with Gasteiger partial charge in [-0.1, -0.05) is 24.3 Å². The zero-order chi connectivity index (χ0) is 18.6. The van der Waals surface area contributed by atoms with Crippen LogP contribution in [0.25, 0.3) is 0 Å². The third kappa shape index (κ3) is 4.04. The minimum Gasteiger partial charge on any atom is -0.353 e. The van der Waals surface area contributed by atoms with Crippen LogP contribution in [0.3, 0.4) is 0 Å². The predicted octanol–water partition coefficient (Wildman–Crippen LogP) is 2.43. The lowest BCUT2D eigenvalue weighted by Crippen LogP contribution is -2.53. The zero-order valence-electron chi connectivity index (χ0n) is 16.2. The van der Waals surface area contributed by atoms with Crippen LogP contribution >= 0.6 is 0 Å². The third-order valence-corrected chi connectivity index (χ3v) is 5.41. The first kappa shape index (κ1) is 17.8. The fourth-order valence-corrected chi connectivity index (χ4v) is 3.83. The number of piperazine rings is 1. The summed E-state index contributed by atoms with van der Waals surface area (Å²) in [4.78, 5) is 18.1. The number of anilines is 1. The van der Waals surface area contributed by atoms with Gasteiger partial charge in [-0.2, -0.15) is 0 Å². The van der Waals surface area contributed by atoms with E-state index in [1.165, 1.54) is 17.5 Å². The van der Waals surface area contributed by atoms with Crippen LogP contribution in [0.5, 0.6) is 0 Å². The number of aryl methyl sites for hydroxylation is 1. The molecular formula is C21H28N6. The van der Waals surface area contributed by atoms with Gasteiger partial charge in [-0.15, -0.1) is 0 Å². The van der Waals surface area contributed by atoms with E-state index in [1.807, 2.05) is 6.07 Å². The SMILES string of the molecule is CCN=C(NC1CC1c1ccccc1C)N1CCN(c2ncccn2)CC1. The van der Waals surface area contributed by atoms with E-state index < -0.39 is 0 Å². The highest BCUT2D eigenvalue weighted by atomic mass is 15.4. The molecule has 1 aromatic carbocycles. The van der Waals surface area contributed by atoms with E-state index >= 15 is 0 Å². The molecule has 142 valence electrons. The Labute approximate surface area is 161 Å². The molecule has 0 spiro atoms. The van der Waals surface area contributed by atoms with Crippen LogP contribution in [0.15, 0.2) is 47.7 Å². The number of aromatic nitrogens is 2. The summed E-state index contributed by atoms with van der Waals surface area (Å²) < 4.78 is 0. The largest absolute Gasteiger partial charge is 0.353 e. The van der Waals surface area contributed by atoms with E-state index in [-0.39, 0.29) is 0 Å². The topological polar surface area (TPSA) is 56.7 Å². The summed E-state index contributed by atoms with van der Waals surface area (Å²) in [5.41, 5.74) is 2.86. The van der Waals surface area contributed by atoms with E-state index in [0.29, 0.717) is 12.0 Å². The Bertz CT molecular complexity index is 782. The zero-order valence-corrected chi connectivity index (χ0v) is 16.2. The smallest absolute Gasteiger partial charge is 0.225 e. The van der Waals surface area contributed by atoms with Crippen molar-refractivity contribution in [2.45, 2.75) is 32.2 Å². The number of nitrogens with zero attached hydrogens (tertiary/aromatic N) is 5. The molecule has 6 heteroatoms. The van der Waals surface area contributed by atoms with Crippen molar-refractivity contribution in [2.75, 3.05) is 37.6 Å². The van der Waals surface area contributed by atoms with Crippen molar-refractivity contribution in [1.82, 2.24) is 20.2 Å². The molecule has 1 aliphatic carbocycles. The molecule has 1 saturated heterocycles. The second-order valence-corrected chi connectivity index (χ2v) is 7.27. The van der Waals surface area contributed by atoms with Gasteiger partial charge in [0.15, 0.2) is 5.96 Å². The average Bonchev–Trinajstić information content (AvgIpc) is 3.48. The van der Waals surface area contributed by atoms with Crippen molar-refractivity contribution in [3.63, 3.8) is 0 Å². The quantitative estimate of drug-likeness (QED) is 0.667. The molecular weight excluding hydrogens is 336 g/mol. The minimum absolute atomic E-state index is 0.492. The van der Waals surface area contributed by atoms with Crippen LogP contribution in [0.2, 0.25) is 0 Å². The normalized spacial score (nSPS) is 22.7. The molecule has 6 nitrogen and oxygen atoms in total. The number of hydrogen-bond donors (Lipinski definition) is 1. The maximum Gasteiger partial charge on any atom is 0.225 e. The van der Waals surface area contributed by atoms with Gasteiger partial charge in [0.05, 0.1) is 0 Å². The first-order chi connectivity index (χ1) is 13.3. The number of benzene rings is 1. The summed E-state index contributed by atoms with van der Waals surface area (Å²) >= 11 is 0. The lowest BCUT2D eigenvalue weighted by molar-refractivity contribution is 0.369. The maximum absolute atomic E-state index is 4.76. The molecule has 1 saturated carbocycles. The second kappa shape index (κ2) is 7.94. The van der Waals surface area contributed by atoms with Gasteiger partial charge in [0, 0.05) is 57.1 Å². The summed E-state index contributed by atoms with van der Waals surface area (Å²) in [6.45, 7) is 8.81. The molecule has 27 heavy (non-hydrogen) atoms. The number of aliphatic imine (C=N–C) groups is 1. The van der Waals surface area contributed by atoms with Crippen LogP contribution in [0, 0.1) is 6.92 Å². The Morgan fingerprint density at radius 3 is 2.56 bits per heavy atom. The lowest BCUT2D eigenvalue weighted by Gasteiger charge is -2.36. The Hall–Kier alpha value is -2.63. The predicted molar refractivity (Wildman–Crippen MR) is 109 cm³/mol. The van der Waals surface area contributed by atoms with Crippen LogP contribution < -0.4 is 10.2 Å². The molecule has 1 N–H and O–H groups in total. The van der Waals surface area contributed by atoms with Crippen LogP contribution in [0.4, 0.5) is 5.95 Å².